The summed E-state index contributed by atoms with van der Waals surface area (Å²) in [6, 6.07) is 14.0. The van der Waals surface area contributed by atoms with E-state index in [-0.39, 0.29) is 24.3 Å². The Morgan fingerprint density at radius 3 is 2.24 bits per heavy atom. The Kier molecular flexibility index (Phi) is 8.11. The number of ether oxygens (including phenoxy) is 1. The Labute approximate surface area is 154 Å². The summed E-state index contributed by atoms with van der Waals surface area (Å²) >= 11 is 0. The molecule has 0 aliphatic heterocycles. The van der Waals surface area contributed by atoms with Crippen LogP contribution in [0.3, 0.4) is 0 Å². The van der Waals surface area contributed by atoms with E-state index < -0.39 is 6.04 Å². The van der Waals surface area contributed by atoms with Gasteiger partial charge < -0.3 is 15.8 Å². The third kappa shape index (κ3) is 5.89. The summed E-state index contributed by atoms with van der Waals surface area (Å²) in [5.41, 5.74) is 9.42. The van der Waals surface area contributed by atoms with Crippen LogP contribution in [0.2, 0.25) is 0 Å². The van der Waals surface area contributed by atoms with Gasteiger partial charge in [0.15, 0.2) is 0 Å². The molecule has 0 saturated carbocycles. The molecule has 0 fully saturated rings. The predicted molar refractivity (Wildman–Crippen MR) is 99.9 cm³/mol. The second-order valence-electron chi connectivity index (χ2n) is 5.62. The molecule has 2 aromatic carbocycles. The zero-order chi connectivity index (χ0) is 17.5. The highest BCUT2D eigenvalue weighted by Crippen LogP contribution is 2.11. The maximum Gasteiger partial charge on any atom is 0.337 e. The highest BCUT2D eigenvalue weighted by molar-refractivity contribution is 5.89. The van der Waals surface area contributed by atoms with Gasteiger partial charge in [-0.3, -0.25) is 4.79 Å². The lowest BCUT2D eigenvalue weighted by Gasteiger charge is -2.13. The van der Waals surface area contributed by atoms with Gasteiger partial charge in [0.1, 0.15) is 6.04 Å². The highest BCUT2D eigenvalue weighted by atomic mass is 35.5. The number of esters is 1. The topological polar surface area (TPSA) is 81.4 Å². The van der Waals surface area contributed by atoms with Gasteiger partial charge in [0.25, 0.3) is 0 Å². The number of nitrogens with two attached hydrogens (primary N) is 1. The molecule has 2 rings (SSSR count). The SMILES string of the molecule is COC(=O)c1ccc(CCNC(=O)C(N)c2ccc(C)cc2)cc1.Cl. The maximum absolute atomic E-state index is 12.1. The van der Waals surface area contributed by atoms with Crippen molar-refractivity contribution in [1.82, 2.24) is 5.32 Å². The van der Waals surface area contributed by atoms with E-state index in [0.29, 0.717) is 18.5 Å². The number of carbonyl (C=O) groups is 2. The quantitative estimate of drug-likeness (QED) is 0.774. The van der Waals surface area contributed by atoms with Crippen molar-refractivity contribution in [1.29, 1.82) is 0 Å². The Balaban J connectivity index is 0.00000312. The molecule has 0 bridgehead atoms. The maximum atomic E-state index is 12.1. The molecule has 25 heavy (non-hydrogen) atoms. The molecule has 3 N–H and O–H groups in total. The molecule has 0 aromatic heterocycles. The van der Waals surface area contributed by atoms with Crippen LogP contribution in [0.25, 0.3) is 0 Å². The number of rotatable bonds is 6. The van der Waals surface area contributed by atoms with Crippen LogP contribution in [0.15, 0.2) is 48.5 Å². The largest absolute Gasteiger partial charge is 0.465 e. The van der Waals surface area contributed by atoms with Crippen LogP contribution in [0.5, 0.6) is 0 Å². The first-order valence-electron chi connectivity index (χ1n) is 7.78. The lowest BCUT2D eigenvalue weighted by Crippen LogP contribution is -2.35. The summed E-state index contributed by atoms with van der Waals surface area (Å²) in [5, 5.41) is 2.84. The molecule has 1 amide bonds. The van der Waals surface area contributed by atoms with Crippen LogP contribution in [-0.2, 0) is 16.0 Å². The lowest BCUT2D eigenvalue weighted by molar-refractivity contribution is -0.122. The zero-order valence-corrected chi connectivity index (χ0v) is 15.1. The molecule has 0 aliphatic rings. The van der Waals surface area contributed by atoms with Gasteiger partial charge in [-0.2, -0.15) is 0 Å². The fourth-order valence-corrected chi connectivity index (χ4v) is 2.29. The molecule has 6 heteroatoms. The fraction of sp³-hybridized carbons (Fsp3) is 0.263. The average molecular weight is 363 g/mol. The van der Waals surface area contributed by atoms with Crippen molar-refractivity contribution < 1.29 is 14.3 Å². The van der Waals surface area contributed by atoms with Crippen LogP contribution in [0.4, 0.5) is 0 Å². The van der Waals surface area contributed by atoms with Gasteiger partial charge >= 0.3 is 5.97 Å². The Bertz CT molecular complexity index is 700. The van der Waals surface area contributed by atoms with Gasteiger partial charge in [-0.1, -0.05) is 42.0 Å². The van der Waals surface area contributed by atoms with E-state index in [0.717, 1.165) is 16.7 Å². The van der Waals surface area contributed by atoms with Crippen LogP contribution in [-0.4, -0.2) is 25.5 Å². The van der Waals surface area contributed by atoms with E-state index in [1.807, 2.05) is 43.3 Å². The molecule has 0 aliphatic carbocycles. The van der Waals surface area contributed by atoms with Crippen LogP contribution >= 0.6 is 12.4 Å². The molecule has 134 valence electrons. The Hall–Kier alpha value is -2.37. The molecule has 0 heterocycles. The second-order valence-corrected chi connectivity index (χ2v) is 5.62. The van der Waals surface area contributed by atoms with Crippen LogP contribution in [0, 0.1) is 6.92 Å². The number of nitrogens with one attached hydrogen (secondary N) is 1. The smallest absolute Gasteiger partial charge is 0.337 e. The van der Waals surface area contributed by atoms with Crippen LogP contribution < -0.4 is 11.1 Å². The van der Waals surface area contributed by atoms with Crippen molar-refractivity contribution in [3.63, 3.8) is 0 Å². The van der Waals surface area contributed by atoms with Crippen molar-refractivity contribution in [2.24, 2.45) is 5.73 Å². The summed E-state index contributed by atoms with van der Waals surface area (Å²) < 4.78 is 4.65. The number of hydrogen-bond acceptors (Lipinski definition) is 4. The first-order valence-corrected chi connectivity index (χ1v) is 7.78. The summed E-state index contributed by atoms with van der Waals surface area (Å²) in [5.74, 6) is -0.566. The van der Waals surface area contributed by atoms with E-state index in [2.05, 4.69) is 10.1 Å². The summed E-state index contributed by atoms with van der Waals surface area (Å²) in [6.07, 6.45) is 0.661. The molecule has 0 spiro atoms. The third-order valence-electron chi connectivity index (χ3n) is 3.81. The van der Waals surface area contributed by atoms with E-state index in [4.69, 9.17) is 5.73 Å². The van der Waals surface area contributed by atoms with E-state index in [9.17, 15) is 9.59 Å². The van der Waals surface area contributed by atoms with E-state index >= 15 is 0 Å². The average Bonchev–Trinajstić information content (AvgIpc) is 2.61. The monoisotopic (exact) mass is 362 g/mol. The normalized spacial score (nSPS) is 11.2. The number of aryl methyl sites for hydroxylation is 1. The van der Waals surface area contributed by atoms with Crippen LogP contribution in [0.1, 0.15) is 33.1 Å². The second kappa shape index (κ2) is 9.81. The molecule has 5 nitrogen and oxygen atoms in total. The lowest BCUT2D eigenvalue weighted by atomic mass is 10.1. The van der Waals surface area contributed by atoms with E-state index in [1.165, 1.54) is 7.11 Å². The molecular formula is C19H23ClN2O3. The third-order valence-corrected chi connectivity index (χ3v) is 3.81. The summed E-state index contributed by atoms with van der Waals surface area (Å²) in [4.78, 5) is 23.5. The Morgan fingerprint density at radius 1 is 1.08 bits per heavy atom. The first kappa shape index (κ1) is 20.7. The van der Waals surface area contributed by atoms with Crippen molar-refractivity contribution in [3.8, 4) is 0 Å². The number of methoxy groups -OCH3 is 1. The Morgan fingerprint density at radius 2 is 1.68 bits per heavy atom. The van der Waals surface area contributed by atoms with E-state index in [1.54, 1.807) is 12.1 Å². The highest BCUT2D eigenvalue weighted by Gasteiger charge is 2.14. The van der Waals surface area contributed by atoms with Gasteiger partial charge in [-0.15, -0.1) is 12.4 Å². The minimum atomic E-state index is -0.674. The number of hydrogen-bond donors (Lipinski definition) is 2. The zero-order valence-electron chi connectivity index (χ0n) is 14.3. The first-order chi connectivity index (χ1) is 11.5. The molecule has 1 unspecified atom stereocenters. The minimum absolute atomic E-state index is 0. The van der Waals surface area contributed by atoms with Gasteiger partial charge in [0, 0.05) is 6.54 Å². The molecule has 0 saturated heterocycles. The van der Waals surface area contributed by atoms with Crippen molar-refractivity contribution >= 4 is 24.3 Å². The molecule has 0 radical (unpaired) electrons. The number of amides is 1. The molecule has 1 atom stereocenters. The van der Waals surface area contributed by atoms with Gasteiger partial charge in [0.2, 0.25) is 5.91 Å². The number of halogens is 1. The summed E-state index contributed by atoms with van der Waals surface area (Å²) in [7, 11) is 1.35. The minimum Gasteiger partial charge on any atom is -0.465 e. The van der Waals surface area contributed by atoms with Gasteiger partial charge in [-0.25, -0.2) is 4.79 Å². The van der Waals surface area contributed by atoms with Crippen molar-refractivity contribution in [2.75, 3.05) is 13.7 Å². The molecular weight excluding hydrogens is 340 g/mol. The number of benzene rings is 2. The van der Waals surface area contributed by atoms with Crippen molar-refractivity contribution in [2.45, 2.75) is 19.4 Å². The van der Waals surface area contributed by atoms with Gasteiger partial charge in [-0.05, 0) is 36.6 Å². The summed E-state index contributed by atoms with van der Waals surface area (Å²) in [6.45, 7) is 2.47. The standard InChI is InChI=1S/C19H22N2O3.ClH/c1-13-3-7-15(8-4-13)17(20)18(22)21-12-11-14-5-9-16(10-6-14)19(23)24-2;/h3-10,17H,11-12,20H2,1-2H3,(H,21,22);1H. The number of carbonyl (C=O) groups excluding carboxylic acids is 2. The fourth-order valence-electron chi connectivity index (χ4n) is 2.29. The molecule has 2 aromatic rings. The van der Waals surface area contributed by atoms with Crippen molar-refractivity contribution in [3.05, 3.63) is 70.8 Å². The predicted octanol–water partition coefficient (Wildman–Crippen LogP) is 2.56. The van der Waals surface area contributed by atoms with Gasteiger partial charge in [0.05, 0.1) is 12.7 Å².